The van der Waals surface area contributed by atoms with Crippen LogP contribution < -0.4 is 5.73 Å². The zero-order valence-corrected chi connectivity index (χ0v) is 9.59. The van der Waals surface area contributed by atoms with Crippen molar-refractivity contribution in [1.82, 2.24) is 5.16 Å². The summed E-state index contributed by atoms with van der Waals surface area (Å²) >= 11 is 1.91. The molecule has 0 bridgehead atoms. The zero-order chi connectivity index (χ0) is 11.0. The van der Waals surface area contributed by atoms with Crippen LogP contribution in [0, 0.1) is 0 Å². The summed E-state index contributed by atoms with van der Waals surface area (Å²) in [6.07, 6.45) is 2.33. The lowest BCUT2D eigenvalue weighted by atomic mass is 10.0. The van der Waals surface area contributed by atoms with Crippen molar-refractivity contribution in [1.29, 1.82) is 0 Å². The standard InChI is InChI=1S/C12H12N2OS/c13-12-7-10(15-14-12)8-3-1-5-11-9(8)4-2-6-16-11/h1,3,5,7H,2,4,6H2,(H2,13,14). The molecule has 1 aromatic carbocycles. The van der Waals surface area contributed by atoms with Crippen LogP contribution >= 0.6 is 11.8 Å². The monoisotopic (exact) mass is 232 g/mol. The maximum Gasteiger partial charge on any atom is 0.169 e. The molecule has 2 aromatic rings. The van der Waals surface area contributed by atoms with Gasteiger partial charge in [-0.15, -0.1) is 11.8 Å². The molecule has 1 aliphatic rings. The molecule has 4 heteroatoms. The van der Waals surface area contributed by atoms with Crippen LogP contribution in [0.1, 0.15) is 12.0 Å². The Balaban J connectivity index is 2.13. The van der Waals surface area contributed by atoms with Crippen molar-refractivity contribution in [3.8, 4) is 11.3 Å². The number of nitrogens with zero attached hydrogens (tertiary/aromatic N) is 1. The topological polar surface area (TPSA) is 52.0 Å². The van der Waals surface area contributed by atoms with Gasteiger partial charge < -0.3 is 10.3 Å². The maximum atomic E-state index is 5.58. The van der Waals surface area contributed by atoms with E-state index in [9.17, 15) is 0 Å². The predicted molar refractivity (Wildman–Crippen MR) is 65.4 cm³/mol. The van der Waals surface area contributed by atoms with Gasteiger partial charge in [0.15, 0.2) is 11.6 Å². The molecule has 0 aliphatic carbocycles. The van der Waals surface area contributed by atoms with E-state index in [1.807, 2.05) is 11.8 Å². The Morgan fingerprint density at radius 1 is 1.38 bits per heavy atom. The third-order valence-corrected chi connectivity index (χ3v) is 3.94. The summed E-state index contributed by atoms with van der Waals surface area (Å²) in [6, 6.07) is 8.09. The van der Waals surface area contributed by atoms with Gasteiger partial charge in [-0.05, 0) is 30.2 Å². The van der Waals surface area contributed by atoms with Gasteiger partial charge in [-0.3, -0.25) is 0 Å². The molecular formula is C12H12N2OS. The van der Waals surface area contributed by atoms with Gasteiger partial charge in [0.1, 0.15) is 0 Å². The molecule has 3 nitrogen and oxygen atoms in total. The van der Waals surface area contributed by atoms with E-state index in [0.717, 1.165) is 17.7 Å². The molecular weight excluding hydrogens is 220 g/mol. The third-order valence-electron chi connectivity index (χ3n) is 2.76. The van der Waals surface area contributed by atoms with Crippen LogP contribution in [-0.2, 0) is 6.42 Å². The molecule has 0 fully saturated rings. The Morgan fingerprint density at radius 3 is 3.12 bits per heavy atom. The van der Waals surface area contributed by atoms with Crippen molar-refractivity contribution in [3.05, 3.63) is 29.8 Å². The second-order valence-corrected chi connectivity index (χ2v) is 4.99. The molecule has 2 N–H and O–H groups in total. The minimum absolute atomic E-state index is 0.441. The van der Waals surface area contributed by atoms with Crippen LogP contribution in [0.4, 0.5) is 5.82 Å². The predicted octanol–water partition coefficient (Wildman–Crippen LogP) is 2.96. The van der Waals surface area contributed by atoms with Crippen LogP contribution in [0.5, 0.6) is 0 Å². The molecule has 0 atom stereocenters. The Hall–Kier alpha value is -1.42. The van der Waals surface area contributed by atoms with Crippen molar-refractivity contribution in [2.75, 3.05) is 11.5 Å². The molecule has 0 saturated heterocycles. The van der Waals surface area contributed by atoms with E-state index in [2.05, 4.69) is 23.4 Å². The Bertz CT molecular complexity index is 521. The van der Waals surface area contributed by atoms with Gasteiger partial charge >= 0.3 is 0 Å². The number of hydrogen-bond donors (Lipinski definition) is 1. The Morgan fingerprint density at radius 2 is 2.31 bits per heavy atom. The Labute approximate surface area is 98.0 Å². The van der Waals surface area contributed by atoms with Gasteiger partial charge in [-0.25, -0.2) is 0 Å². The number of nitrogens with two attached hydrogens (primary N) is 1. The summed E-state index contributed by atoms with van der Waals surface area (Å²) in [4.78, 5) is 1.36. The van der Waals surface area contributed by atoms with E-state index < -0.39 is 0 Å². The van der Waals surface area contributed by atoms with E-state index in [1.54, 1.807) is 6.07 Å². The second-order valence-electron chi connectivity index (χ2n) is 3.85. The molecule has 0 radical (unpaired) electrons. The minimum atomic E-state index is 0.441. The first kappa shape index (κ1) is 9.78. The fourth-order valence-electron chi connectivity index (χ4n) is 2.04. The number of nitrogen functional groups attached to an aromatic ring is 1. The summed E-state index contributed by atoms with van der Waals surface area (Å²) in [5, 5.41) is 3.74. The van der Waals surface area contributed by atoms with Gasteiger partial charge in [0, 0.05) is 16.5 Å². The highest BCUT2D eigenvalue weighted by Gasteiger charge is 2.16. The first-order valence-electron chi connectivity index (χ1n) is 5.32. The number of anilines is 1. The third kappa shape index (κ3) is 1.59. The number of thioether (sulfide) groups is 1. The minimum Gasteiger partial charge on any atom is -0.381 e. The van der Waals surface area contributed by atoms with Crippen LogP contribution in [-0.4, -0.2) is 10.9 Å². The molecule has 0 amide bonds. The lowest BCUT2D eigenvalue weighted by Crippen LogP contribution is -2.00. The molecule has 82 valence electrons. The fraction of sp³-hybridized carbons (Fsp3) is 0.250. The highest BCUT2D eigenvalue weighted by Crippen LogP contribution is 2.36. The van der Waals surface area contributed by atoms with Crippen molar-refractivity contribution in [2.45, 2.75) is 17.7 Å². The van der Waals surface area contributed by atoms with E-state index in [0.29, 0.717) is 5.82 Å². The van der Waals surface area contributed by atoms with Gasteiger partial charge in [-0.2, -0.15) is 0 Å². The first-order chi connectivity index (χ1) is 7.84. The van der Waals surface area contributed by atoms with Gasteiger partial charge in [-0.1, -0.05) is 17.3 Å². The molecule has 16 heavy (non-hydrogen) atoms. The molecule has 2 heterocycles. The molecule has 0 spiro atoms. The lowest BCUT2D eigenvalue weighted by Gasteiger charge is -2.17. The second kappa shape index (κ2) is 3.87. The van der Waals surface area contributed by atoms with Crippen molar-refractivity contribution in [3.63, 3.8) is 0 Å². The van der Waals surface area contributed by atoms with Crippen LogP contribution in [0.15, 0.2) is 33.7 Å². The average Bonchev–Trinajstić information content (AvgIpc) is 2.75. The molecule has 1 aliphatic heterocycles. The van der Waals surface area contributed by atoms with E-state index in [1.165, 1.54) is 22.6 Å². The Kier molecular flexibility index (Phi) is 2.36. The van der Waals surface area contributed by atoms with E-state index >= 15 is 0 Å². The zero-order valence-electron chi connectivity index (χ0n) is 8.77. The summed E-state index contributed by atoms with van der Waals surface area (Å²) < 4.78 is 5.23. The normalized spacial score (nSPS) is 14.8. The molecule has 1 aromatic heterocycles. The van der Waals surface area contributed by atoms with Gasteiger partial charge in [0.2, 0.25) is 0 Å². The highest BCUT2D eigenvalue weighted by molar-refractivity contribution is 7.99. The number of hydrogen-bond acceptors (Lipinski definition) is 4. The van der Waals surface area contributed by atoms with E-state index in [-0.39, 0.29) is 0 Å². The number of aromatic nitrogens is 1. The van der Waals surface area contributed by atoms with Crippen LogP contribution in [0.3, 0.4) is 0 Å². The van der Waals surface area contributed by atoms with Gasteiger partial charge in [0.25, 0.3) is 0 Å². The summed E-state index contributed by atoms with van der Waals surface area (Å²) in [7, 11) is 0. The van der Waals surface area contributed by atoms with Crippen molar-refractivity contribution in [2.24, 2.45) is 0 Å². The molecule has 3 rings (SSSR count). The SMILES string of the molecule is Nc1cc(-c2cccc3c2CCCS3)on1. The summed E-state index contributed by atoms with van der Waals surface area (Å²) in [6.45, 7) is 0. The van der Waals surface area contributed by atoms with Crippen molar-refractivity contribution >= 4 is 17.6 Å². The summed E-state index contributed by atoms with van der Waals surface area (Å²) in [5.74, 6) is 2.42. The molecule has 0 unspecified atom stereocenters. The highest BCUT2D eigenvalue weighted by atomic mass is 32.2. The van der Waals surface area contributed by atoms with Crippen LogP contribution in [0.2, 0.25) is 0 Å². The number of benzene rings is 1. The fourth-order valence-corrected chi connectivity index (χ4v) is 3.11. The number of rotatable bonds is 1. The maximum absolute atomic E-state index is 5.58. The quantitative estimate of drug-likeness (QED) is 0.821. The largest absolute Gasteiger partial charge is 0.381 e. The first-order valence-corrected chi connectivity index (χ1v) is 6.30. The van der Waals surface area contributed by atoms with Crippen LogP contribution in [0.25, 0.3) is 11.3 Å². The van der Waals surface area contributed by atoms with E-state index in [4.69, 9.17) is 10.3 Å². The average molecular weight is 232 g/mol. The lowest BCUT2D eigenvalue weighted by molar-refractivity contribution is 0.435. The molecule has 0 saturated carbocycles. The summed E-state index contributed by atoms with van der Waals surface area (Å²) in [5.41, 5.74) is 8.09. The van der Waals surface area contributed by atoms with Gasteiger partial charge in [0.05, 0.1) is 0 Å². The smallest absolute Gasteiger partial charge is 0.169 e. The van der Waals surface area contributed by atoms with Crippen molar-refractivity contribution < 1.29 is 4.52 Å². The number of fused-ring (bicyclic) bond motifs is 1.